The summed E-state index contributed by atoms with van der Waals surface area (Å²) in [6.45, 7) is 3.98. The molecular formula is C16H15BrN4O. The van der Waals surface area contributed by atoms with Crippen molar-refractivity contribution in [2.45, 2.75) is 13.8 Å². The number of aryl methyl sites for hydroxylation is 1. The van der Waals surface area contributed by atoms with Crippen LogP contribution in [0.4, 0.5) is 5.95 Å². The molecule has 1 aromatic heterocycles. The van der Waals surface area contributed by atoms with E-state index in [-0.39, 0.29) is 5.56 Å². The third kappa shape index (κ3) is 2.30. The van der Waals surface area contributed by atoms with Crippen molar-refractivity contribution in [3.8, 4) is 5.69 Å². The van der Waals surface area contributed by atoms with Crippen molar-refractivity contribution in [2.24, 2.45) is 5.84 Å². The number of rotatable bonds is 2. The van der Waals surface area contributed by atoms with Gasteiger partial charge in [0.15, 0.2) is 0 Å². The zero-order valence-electron chi connectivity index (χ0n) is 12.2. The summed E-state index contributed by atoms with van der Waals surface area (Å²) in [5.41, 5.74) is 5.85. The summed E-state index contributed by atoms with van der Waals surface area (Å²) in [6, 6.07) is 11.2. The van der Waals surface area contributed by atoms with Gasteiger partial charge in [-0.1, -0.05) is 28.1 Å². The van der Waals surface area contributed by atoms with Gasteiger partial charge in [-0.15, -0.1) is 0 Å². The number of aromatic nitrogens is 2. The molecule has 0 spiro atoms. The van der Waals surface area contributed by atoms with E-state index in [0.29, 0.717) is 16.9 Å². The van der Waals surface area contributed by atoms with E-state index in [0.717, 1.165) is 21.3 Å². The van der Waals surface area contributed by atoms with Crippen molar-refractivity contribution in [1.82, 2.24) is 9.55 Å². The number of benzene rings is 2. The second kappa shape index (κ2) is 5.55. The topological polar surface area (TPSA) is 72.9 Å². The average molecular weight is 359 g/mol. The Kier molecular flexibility index (Phi) is 3.72. The summed E-state index contributed by atoms with van der Waals surface area (Å²) >= 11 is 3.39. The number of anilines is 1. The van der Waals surface area contributed by atoms with Crippen LogP contribution in [0.5, 0.6) is 0 Å². The lowest BCUT2D eigenvalue weighted by Crippen LogP contribution is -2.26. The first-order valence-corrected chi connectivity index (χ1v) is 7.57. The maximum absolute atomic E-state index is 12.9. The summed E-state index contributed by atoms with van der Waals surface area (Å²) in [7, 11) is 0. The highest BCUT2D eigenvalue weighted by molar-refractivity contribution is 9.10. The predicted octanol–water partition coefficient (Wildman–Crippen LogP) is 3.05. The number of hydrazine groups is 1. The summed E-state index contributed by atoms with van der Waals surface area (Å²) in [5, 5.41) is 0.536. The third-order valence-electron chi connectivity index (χ3n) is 3.78. The molecule has 1 heterocycles. The molecule has 2 aromatic carbocycles. The fourth-order valence-corrected chi connectivity index (χ4v) is 2.82. The Balaban J connectivity index is 2.44. The van der Waals surface area contributed by atoms with Crippen LogP contribution in [0.25, 0.3) is 16.6 Å². The number of fused-ring (bicyclic) bond motifs is 1. The fraction of sp³-hybridized carbons (Fsp3) is 0.125. The first-order chi connectivity index (χ1) is 10.5. The van der Waals surface area contributed by atoms with Crippen LogP contribution in [0.1, 0.15) is 11.1 Å². The maximum atomic E-state index is 12.9. The Labute approximate surface area is 135 Å². The lowest BCUT2D eigenvalue weighted by molar-refractivity contribution is 0.943. The lowest BCUT2D eigenvalue weighted by Gasteiger charge is -2.16. The summed E-state index contributed by atoms with van der Waals surface area (Å²) in [5.74, 6) is 5.90. The van der Waals surface area contributed by atoms with Gasteiger partial charge in [0.2, 0.25) is 5.95 Å². The van der Waals surface area contributed by atoms with E-state index < -0.39 is 0 Å². The van der Waals surface area contributed by atoms with Crippen LogP contribution in [0.3, 0.4) is 0 Å². The Morgan fingerprint density at radius 2 is 2.00 bits per heavy atom. The van der Waals surface area contributed by atoms with Crippen molar-refractivity contribution >= 4 is 32.8 Å². The van der Waals surface area contributed by atoms with E-state index in [4.69, 9.17) is 5.84 Å². The molecule has 0 saturated heterocycles. The van der Waals surface area contributed by atoms with Crippen LogP contribution in [0.15, 0.2) is 45.7 Å². The minimum Gasteiger partial charge on any atom is -0.293 e. The van der Waals surface area contributed by atoms with Gasteiger partial charge in [0.25, 0.3) is 5.56 Å². The second-order valence-electron chi connectivity index (χ2n) is 5.10. The molecule has 0 aliphatic heterocycles. The van der Waals surface area contributed by atoms with Gasteiger partial charge in [0, 0.05) is 4.47 Å². The van der Waals surface area contributed by atoms with E-state index in [2.05, 4.69) is 26.3 Å². The molecule has 0 unspecified atom stereocenters. The molecular weight excluding hydrogens is 344 g/mol. The average Bonchev–Trinajstić information content (AvgIpc) is 2.51. The fourth-order valence-electron chi connectivity index (χ4n) is 2.46. The van der Waals surface area contributed by atoms with Gasteiger partial charge in [0.05, 0.1) is 16.6 Å². The zero-order valence-corrected chi connectivity index (χ0v) is 13.8. The molecule has 0 fully saturated rings. The molecule has 3 aromatic rings. The van der Waals surface area contributed by atoms with Crippen LogP contribution in [-0.2, 0) is 0 Å². The molecule has 0 saturated carbocycles. The van der Waals surface area contributed by atoms with Crippen LogP contribution >= 0.6 is 15.9 Å². The number of nitrogen functional groups attached to an aromatic ring is 1. The molecule has 0 aliphatic rings. The van der Waals surface area contributed by atoms with Crippen LogP contribution in [0, 0.1) is 13.8 Å². The number of halogens is 1. The highest BCUT2D eigenvalue weighted by Crippen LogP contribution is 2.22. The van der Waals surface area contributed by atoms with Crippen molar-refractivity contribution in [3.05, 3.63) is 62.4 Å². The van der Waals surface area contributed by atoms with E-state index >= 15 is 0 Å². The van der Waals surface area contributed by atoms with Gasteiger partial charge in [-0.2, -0.15) is 0 Å². The molecule has 0 bridgehead atoms. The summed E-state index contributed by atoms with van der Waals surface area (Å²) < 4.78 is 2.34. The van der Waals surface area contributed by atoms with Crippen LogP contribution in [0.2, 0.25) is 0 Å². The first kappa shape index (κ1) is 14.7. The van der Waals surface area contributed by atoms with E-state index in [1.165, 1.54) is 4.57 Å². The molecule has 6 heteroatoms. The largest absolute Gasteiger partial charge is 0.293 e. The summed E-state index contributed by atoms with van der Waals surface area (Å²) in [6.07, 6.45) is 0. The normalized spacial score (nSPS) is 10.9. The van der Waals surface area contributed by atoms with Crippen molar-refractivity contribution in [1.29, 1.82) is 0 Å². The first-order valence-electron chi connectivity index (χ1n) is 6.78. The minimum absolute atomic E-state index is 0.159. The van der Waals surface area contributed by atoms with Gasteiger partial charge in [-0.05, 0) is 49.2 Å². The quantitative estimate of drug-likeness (QED) is 0.545. The number of nitrogens with two attached hydrogens (primary N) is 1. The SMILES string of the molecule is Cc1cccc(-n2c(NN)nc3ccc(Br)cc3c2=O)c1C. The molecule has 22 heavy (non-hydrogen) atoms. The molecule has 0 aliphatic carbocycles. The third-order valence-corrected chi connectivity index (χ3v) is 4.27. The number of nitrogens with zero attached hydrogens (tertiary/aromatic N) is 2. The number of nitrogens with one attached hydrogen (secondary N) is 1. The zero-order chi connectivity index (χ0) is 15.9. The number of hydrogen-bond donors (Lipinski definition) is 2. The molecule has 0 amide bonds. The van der Waals surface area contributed by atoms with E-state index in [1.54, 1.807) is 12.1 Å². The smallest absolute Gasteiger partial charge is 0.267 e. The van der Waals surface area contributed by atoms with Gasteiger partial charge in [0.1, 0.15) is 0 Å². The summed E-state index contributed by atoms with van der Waals surface area (Å²) in [4.78, 5) is 17.4. The molecule has 3 N–H and O–H groups in total. The van der Waals surface area contributed by atoms with Crippen molar-refractivity contribution < 1.29 is 0 Å². The molecule has 112 valence electrons. The predicted molar refractivity (Wildman–Crippen MR) is 92.3 cm³/mol. The molecule has 0 radical (unpaired) electrons. The van der Waals surface area contributed by atoms with Crippen LogP contribution < -0.4 is 16.8 Å². The highest BCUT2D eigenvalue weighted by atomic mass is 79.9. The Hall–Kier alpha value is -2.18. The minimum atomic E-state index is -0.159. The van der Waals surface area contributed by atoms with Crippen molar-refractivity contribution in [3.63, 3.8) is 0 Å². The standard InChI is InChI=1S/C16H15BrN4O/c1-9-4-3-5-14(10(9)2)21-15(22)12-8-11(17)6-7-13(12)19-16(21)20-18/h3-8H,18H2,1-2H3,(H,19,20). The van der Waals surface area contributed by atoms with Crippen molar-refractivity contribution in [2.75, 3.05) is 5.43 Å². The number of hydrogen-bond acceptors (Lipinski definition) is 4. The van der Waals surface area contributed by atoms with Gasteiger partial charge in [-0.3, -0.25) is 10.2 Å². The van der Waals surface area contributed by atoms with Gasteiger partial charge < -0.3 is 0 Å². The van der Waals surface area contributed by atoms with Crippen LogP contribution in [-0.4, -0.2) is 9.55 Å². The Bertz CT molecular complexity index is 933. The van der Waals surface area contributed by atoms with E-state index in [1.807, 2.05) is 38.1 Å². The maximum Gasteiger partial charge on any atom is 0.267 e. The molecule has 5 nitrogen and oxygen atoms in total. The van der Waals surface area contributed by atoms with E-state index in [9.17, 15) is 4.79 Å². The highest BCUT2D eigenvalue weighted by Gasteiger charge is 2.14. The van der Waals surface area contributed by atoms with Gasteiger partial charge >= 0.3 is 0 Å². The second-order valence-corrected chi connectivity index (χ2v) is 6.02. The molecule has 3 rings (SSSR count). The monoisotopic (exact) mass is 358 g/mol. The molecule has 0 atom stereocenters. The lowest BCUT2D eigenvalue weighted by atomic mass is 10.1. The van der Waals surface area contributed by atoms with Gasteiger partial charge in [-0.25, -0.2) is 15.4 Å². The Morgan fingerprint density at radius 1 is 1.23 bits per heavy atom. The Morgan fingerprint density at radius 3 is 2.73 bits per heavy atom.